The van der Waals surface area contributed by atoms with E-state index in [0.29, 0.717) is 0 Å². The van der Waals surface area contributed by atoms with Gasteiger partial charge in [-0.3, -0.25) is 0 Å². The fourth-order valence-electron chi connectivity index (χ4n) is 5.54. The molecule has 1 heteroatoms. The standard InChI is InChI=1S/C38H25I/c39-34-18-15-28(16-19-34)37-25-30-13-7-8-14-35(30)38-24-29(17-20-36(37)38)33-22-31(26-9-3-1-4-10-26)21-32(23-33)27-11-5-2-6-12-27/h1-25H. The Bertz CT molecular complexity index is 1880. The lowest BCUT2D eigenvalue weighted by atomic mass is 9.89. The fraction of sp³-hybridized carbons (Fsp3) is 0. The van der Waals surface area contributed by atoms with Gasteiger partial charge in [-0.15, -0.1) is 0 Å². The molecule has 0 N–H and O–H groups in total. The van der Waals surface area contributed by atoms with E-state index in [-0.39, 0.29) is 0 Å². The third-order valence-electron chi connectivity index (χ3n) is 7.50. The van der Waals surface area contributed by atoms with Crippen molar-refractivity contribution in [3.63, 3.8) is 0 Å². The molecule has 0 atom stereocenters. The van der Waals surface area contributed by atoms with Gasteiger partial charge >= 0.3 is 0 Å². The third kappa shape index (κ3) is 4.64. The van der Waals surface area contributed by atoms with Crippen molar-refractivity contribution < 1.29 is 0 Å². The Labute approximate surface area is 242 Å². The zero-order valence-electron chi connectivity index (χ0n) is 21.3. The minimum Gasteiger partial charge on any atom is -0.0622 e. The van der Waals surface area contributed by atoms with Gasteiger partial charge in [0.2, 0.25) is 0 Å². The highest BCUT2D eigenvalue weighted by Crippen LogP contribution is 2.39. The van der Waals surface area contributed by atoms with Crippen molar-refractivity contribution in [2.45, 2.75) is 0 Å². The van der Waals surface area contributed by atoms with Crippen LogP contribution in [0.25, 0.3) is 66.1 Å². The second kappa shape index (κ2) is 10.2. The van der Waals surface area contributed by atoms with Crippen molar-refractivity contribution in [2.75, 3.05) is 0 Å². The Kier molecular flexibility index (Phi) is 6.22. The number of rotatable bonds is 4. The molecule has 0 bridgehead atoms. The van der Waals surface area contributed by atoms with Crippen molar-refractivity contribution in [1.29, 1.82) is 0 Å². The van der Waals surface area contributed by atoms with Gasteiger partial charge in [-0.1, -0.05) is 109 Å². The summed E-state index contributed by atoms with van der Waals surface area (Å²) >= 11 is 2.37. The van der Waals surface area contributed by atoms with Gasteiger partial charge in [0.05, 0.1) is 0 Å². The van der Waals surface area contributed by atoms with Crippen LogP contribution in [0.4, 0.5) is 0 Å². The number of hydrogen-bond acceptors (Lipinski definition) is 0. The first-order valence-corrected chi connectivity index (χ1v) is 14.3. The molecule has 0 aliphatic heterocycles. The van der Waals surface area contributed by atoms with E-state index in [1.54, 1.807) is 0 Å². The molecule has 39 heavy (non-hydrogen) atoms. The van der Waals surface area contributed by atoms with E-state index in [2.05, 4.69) is 174 Å². The molecule has 7 rings (SSSR count). The molecule has 0 saturated heterocycles. The Balaban J connectivity index is 1.47. The maximum atomic E-state index is 2.38. The monoisotopic (exact) mass is 608 g/mol. The van der Waals surface area contributed by atoms with Gasteiger partial charge in [-0.2, -0.15) is 0 Å². The third-order valence-corrected chi connectivity index (χ3v) is 8.22. The van der Waals surface area contributed by atoms with Crippen LogP contribution in [0.5, 0.6) is 0 Å². The van der Waals surface area contributed by atoms with Gasteiger partial charge < -0.3 is 0 Å². The molecular weight excluding hydrogens is 583 g/mol. The Morgan fingerprint density at radius 3 is 1.49 bits per heavy atom. The van der Waals surface area contributed by atoms with Crippen molar-refractivity contribution in [1.82, 2.24) is 0 Å². The highest BCUT2D eigenvalue weighted by molar-refractivity contribution is 14.1. The van der Waals surface area contributed by atoms with Gasteiger partial charge in [0, 0.05) is 3.57 Å². The summed E-state index contributed by atoms with van der Waals surface area (Å²) in [6, 6.07) is 55.2. The summed E-state index contributed by atoms with van der Waals surface area (Å²) in [4.78, 5) is 0. The van der Waals surface area contributed by atoms with Crippen molar-refractivity contribution >= 4 is 44.1 Å². The molecule has 0 nitrogen and oxygen atoms in total. The van der Waals surface area contributed by atoms with Crippen LogP contribution in [-0.2, 0) is 0 Å². The van der Waals surface area contributed by atoms with Gasteiger partial charge in [0.1, 0.15) is 0 Å². The lowest BCUT2D eigenvalue weighted by molar-refractivity contribution is 1.57. The van der Waals surface area contributed by atoms with E-state index in [1.807, 2.05) is 0 Å². The van der Waals surface area contributed by atoms with Crippen LogP contribution >= 0.6 is 22.6 Å². The van der Waals surface area contributed by atoms with Gasteiger partial charge in [0.25, 0.3) is 0 Å². The molecular formula is C38H25I. The summed E-state index contributed by atoms with van der Waals surface area (Å²) in [5.41, 5.74) is 9.87. The van der Waals surface area contributed by atoms with Crippen LogP contribution < -0.4 is 0 Å². The molecule has 184 valence electrons. The fourth-order valence-corrected chi connectivity index (χ4v) is 5.90. The molecule has 0 saturated carbocycles. The van der Waals surface area contributed by atoms with Crippen LogP contribution in [0.2, 0.25) is 0 Å². The van der Waals surface area contributed by atoms with Crippen LogP contribution in [0.3, 0.4) is 0 Å². The van der Waals surface area contributed by atoms with Gasteiger partial charge in [-0.25, -0.2) is 0 Å². The number of hydrogen-bond donors (Lipinski definition) is 0. The number of fused-ring (bicyclic) bond motifs is 3. The van der Waals surface area contributed by atoms with Crippen LogP contribution in [0, 0.1) is 3.57 Å². The maximum absolute atomic E-state index is 2.38. The first-order valence-electron chi connectivity index (χ1n) is 13.2. The largest absolute Gasteiger partial charge is 0.0622 e. The highest BCUT2D eigenvalue weighted by Gasteiger charge is 2.12. The Morgan fingerprint density at radius 2 is 0.846 bits per heavy atom. The summed E-state index contributed by atoms with van der Waals surface area (Å²) in [6.07, 6.45) is 0. The lowest BCUT2D eigenvalue weighted by Crippen LogP contribution is -1.88. The van der Waals surface area contributed by atoms with Gasteiger partial charge in [0.15, 0.2) is 0 Å². The average Bonchev–Trinajstić information content (AvgIpc) is 3.01. The maximum Gasteiger partial charge on any atom is 0.0130 e. The molecule has 0 unspecified atom stereocenters. The van der Waals surface area contributed by atoms with E-state index in [1.165, 1.54) is 69.6 Å². The molecule has 0 radical (unpaired) electrons. The zero-order valence-corrected chi connectivity index (χ0v) is 23.5. The summed E-state index contributed by atoms with van der Waals surface area (Å²) in [5, 5.41) is 5.11. The summed E-state index contributed by atoms with van der Waals surface area (Å²) in [6.45, 7) is 0. The molecule has 0 aliphatic carbocycles. The van der Waals surface area contributed by atoms with Crippen molar-refractivity contribution in [3.8, 4) is 44.5 Å². The average molecular weight is 609 g/mol. The highest BCUT2D eigenvalue weighted by atomic mass is 127. The van der Waals surface area contributed by atoms with Crippen LogP contribution in [0.15, 0.2) is 152 Å². The smallest absolute Gasteiger partial charge is 0.0130 e. The SMILES string of the molecule is Ic1ccc(-c2cc3ccccc3c3cc(-c4cc(-c5ccccc5)cc(-c5ccccc5)c4)ccc23)cc1. The predicted octanol–water partition coefficient (Wildman–Crippen LogP) is 11.3. The normalized spacial score (nSPS) is 11.2. The molecule has 0 fully saturated rings. The molecule has 7 aromatic carbocycles. The van der Waals surface area contributed by atoms with E-state index in [0.717, 1.165) is 0 Å². The van der Waals surface area contributed by atoms with E-state index < -0.39 is 0 Å². The van der Waals surface area contributed by atoms with Crippen LogP contribution in [0.1, 0.15) is 0 Å². The summed E-state index contributed by atoms with van der Waals surface area (Å²) in [7, 11) is 0. The van der Waals surface area contributed by atoms with E-state index in [9.17, 15) is 0 Å². The minimum absolute atomic E-state index is 1.22. The lowest BCUT2D eigenvalue weighted by Gasteiger charge is -2.15. The molecule has 7 aromatic rings. The number of halogens is 1. The molecule has 0 spiro atoms. The van der Waals surface area contributed by atoms with Crippen molar-refractivity contribution in [2.24, 2.45) is 0 Å². The minimum atomic E-state index is 1.22. The second-order valence-corrected chi connectivity index (χ2v) is 11.2. The zero-order chi connectivity index (χ0) is 26.2. The first-order chi connectivity index (χ1) is 19.2. The predicted molar refractivity (Wildman–Crippen MR) is 176 cm³/mol. The Morgan fingerprint density at radius 1 is 0.308 bits per heavy atom. The number of benzene rings is 7. The van der Waals surface area contributed by atoms with Crippen LogP contribution in [-0.4, -0.2) is 0 Å². The molecule has 0 heterocycles. The Hall–Kier alpha value is -4.21. The molecule has 0 aromatic heterocycles. The second-order valence-electron chi connectivity index (χ2n) is 9.94. The topological polar surface area (TPSA) is 0 Å². The quantitative estimate of drug-likeness (QED) is 0.138. The summed E-state index contributed by atoms with van der Waals surface area (Å²) in [5.74, 6) is 0. The first kappa shape index (κ1) is 23.9. The molecule has 0 amide bonds. The van der Waals surface area contributed by atoms with Gasteiger partial charge in [-0.05, 0) is 131 Å². The molecule has 0 aliphatic rings. The summed E-state index contributed by atoms with van der Waals surface area (Å²) < 4.78 is 1.25. The van der Waals surface area contributed by atoms with E-state index >= 15 is 0 Å². The van der Waals surface area contributed by atoms with E-state index in [4.69, 9.17) is 0 Å². The van der Waals surface area contributed by atoms with Crippen molar-refractivity contribution in [3.05, 3.63) is 155 Å².